The normalized spacial score (nSPS) is 14.2. The number of pyridine rings is 1. The quantitative estimate of drug-likeness (QED) is 0.523. The minimum Gasteiger partial charge on any atom is -0.383 e. The second-order valence-corrected chi connectivity index (χ2v) is 8.35. The monoisotopic (exact) mass is 386 g/mol. The van der Waals surface area contributed by atoms with Crippen molar-refractivity contribution in [2.24, 2.45) is 0 Å². The second-order valence-electron chi connectivity index (χ2n) is 8.35. The van der Waals surface area contributed by atoms with E-state index in [4.69, 9.17) is 10.7 Å². The smallest absolute Gasteiger partial charge is 0.225 e. The van der Waals surface area contributed by atoms with Crippen molar-refractivity contribution in [1.82, 2.24) is 19.5 Å². The van der Waals surface area contributed by atoms with E-state index in [0.29, 0.717) is 23.7 Å². The van der Waals surface area contributed by atoms with Gasteiger partial charge in [0.25, 0.3) is 0 Å². The van der Waals surface area contributed by atoms with E-state index in [-0.39, 0.29) is 0 Å². The first-order chi connectivity index (χ1) is 14.0. The van der Waals surface area contributed by atoms with Gasteiger partial charge in [-0.1, -0.05) is 19.9 Å². The summed E-state index contributed by atoms with van der Waals surface area (Å²) < 4.78 is 2.28. The number of nitrogens with zero attached hydrogens (tertiary/aromatic N) is 4. The van der Waals surface area contributed by atoms with Crippen LogP contribution in [0.4, 0.5) is 11.8 Å². The molecule has 1 aliphatic carbocycles. The molecule has 0 atom stereocenters. The maximum absolute atomic E-state index is 6.36. The fourth-order valence-electron chi connectivity index (χ4n) is 3.84. The third-order valence-corrected chi connectivity index (χ3v) is 5.72. The minimum atomic E-state index is 0.485. The van der Waals surface area contributed by atoms with E-state index in [1.807, 2.05) is 12.3 Å². The largest absolute Gasteiger partial charge is 0.383 e. The summed E-state index contributed by atoms with van der Waals surface area (Å²) in [5.41, 5.74) is 11.8. The molecular weight excluding hydrogens is 360 g/mol. The fourth-order valence-corrected chi connectivity index (χ4v) is 3.84. The van der Waals surface area contributed by atoms with Crippen LogP contribution >= 0.6 is 0 Å². The third kappa shape index (κ3) is 3.28. The molecule has 0 spiro atoms. The average molecular weight is 387 g/mol. The molecule has 1 saturated carbocycles. The molecule has 0 aliphatic heterocycles. The number of aromatic nitrogens is 4. The van der Waals surface area contributed by atoms with E-state index >= 15 is 0 Å². The number of benzene rings is 1. The van der Waals surface area contributed by atoms with Crippen LogP contribution in [0.1, 0.15) is 49.6 Å². The standard InChI is InChI=1S/C23H26N6/c1-13(2)15-4-5-17(25-11-15)12-29-14(3)10-18-20(29)9-8-19-21(18)22(24)28-23(27-19)26-16-6-7-16/h4-5,8-11,13,16H,6-7,12H2,1-3H3,(H3,24,26,27,28). The summed E-state index contributed by atoms with van der Waals surface area (Å²) in [6, 6.07) is 11.1. The van der Waals surface area contributed by atoms with Crippen molar-refractivity contribution in [3.8, 4) is 0 Å². The van der Waals surface area contributed by atoms with E-state index in [0.717, 1.165) is 34.0 Å². The molecule has 0 bridgehead atoms. The van der Waals surface area contributed by atoms with Gasteiger partial charge in [-0.2, -0.15) is 4.98 Å². The molecule has 3 aromatic heterocycles. The van der Waals surface area contributed by atoms with Gasteiger partial charge in [0.05, 0.1) is 23.1 Å². The molecule has 5 rings (SSSR count). The van der Waals surface area contributed by atoms with Crippen molar-refractivity contribution in [2.75, 3.05) is 11.1 Å². The van der Waals surface area contributed by atoms with E-state index in [9.17, 15) is 0 Å². The second kappa shape index (κ2) is 6.72. The lowest BCUT2D eigenvalue weighted by atomic mass is 10.1. The Hall–Kier alpha value is -3.15. The first kappa shape index (κ1) is 17.9. The molecule has 0 saturated heterocycles. The van der Waals surface area contributed by atoms with Crippen molar-refractivity contribution in [3.63, 3.8) is 0 Å². The van der Waals surface area contributed by atoms with Gasteiger partial charge in [-0.05, 0) is 55.5 Å². The van der Waals surface area contributed by atoms with E-state index in [1.165, 1.54) is 24.1 Å². The van der Waals surface area contributed by atoms with Crippen LogP contribution in [0, 0.1) is 6.92 Å². The van der Waals surface area contributed by atoms with Gasteiger partial charge in [0.2, 0.25) is 5.95 Å². The van der Waals surface area contributed by atoms with Crippen LogP contribution in [0.5, 0.6) is 0 Å². The van der Waals surface area contributed by atoms with E-state index in [2.05, 4.69) is 64.9 Å². The topological polar surface area (TPSA) is 81.6 Å². The molecule has 1 aromatic carbocycles. The summed E-state index contributed by atoms with van der Waals surface area (Å²) in [6.45, 7) is 7.21. The lowest BCUT2D eigenvalue weighted by Gasteiger charge is -2.11. The Morgan fingerprint density at radius 2 is 2.00 bits per heavy atom. The lowest BCUT2D eigenvalue weighted by molar-refractivity contribution is 0.773. The van der Waals surface area contributed by atoms with Crippen molar-refractivity contribution in [1.29, 1.82) is 0 Å². The van der Waals surface area contributed by atoms with Crippen LogP contribution in [-0.4, -0.2) is 25.6 Å². The van der Waals surface area contributed by atoms with E-state index in [1.54, 1.807) is 0 Å². The Morgan fingerprint density at radius 3 is 2.69 bits per heavy atom. The van der Waals surface area contributed by atoms with Crippen LogP contribution in [-0.2, 0) is 6.54 Å². The molecule has 3 heterocycles. The number of nitrogen functional groups attached to an aromatic ring is 1. The number of rotatable bonds is 5. The summed E-state index contributed by atoms with van der Waals surface area (Å²) in [4.78, 5) is 13.9. The molecule has 6 nitrogen and oxygen atoms in total. The molecule has 6 heteroatoms. The zero-order valence-electron chi connectivity index (χ0n) is 17.1. The predicted octanol–water partition coefficient (Wildman–Crippen LogP) is 4.62. The molecular formula is C23H26N6. The van der Waals surface area contributed by atoms with Crippen LogP contribution in [0.15, 0.2) is 36.5 Å². The Bertz CT molecular complexity index is 1200. The highest BCUT2D eigenvalue weighted by Gasteiger charge is 2.23. The summed E-state index contributed by atoms with van der Waals surface area (Å²) in [7, 11) is 0. The first-order valence-electron chi connectivity index (χ1n) is 10.3. The van der Waals surface area contributed by atoms with Gasteiger partial charge in [0.15, 0.2) is 0 Å². The summed E-state index contributed by atoms with van der Waals surface area (Å²) >= 11 is 0. The van der Waals surface area contributed by atoms with Gasteiger partial charge in [-0.3, -0.25) is 4.98 Å². The Kier molecular flexibility index (Phi) is 4.15. The number of hydrogen-bond donors (Lipinski definition) is 2. The first-order valence-corrected chi connectivity index (χ1v) is 10.3. The molecule has 0 unspecified atom stereocenters. The van der Waals surface area contributed by atoms with Gasteiger partial charge in [-0.25, -0.2) is 4.98 Å². The average Bonchev–Trinajstić information content (AvgIpc) is 3.45. The fraction of sp³-hybridized carbons (Fsp3) is 0.348. The summed E-state index contributed by atoms with van der Waals surface area (Å²) in [5.74, 6) is 1.64. The van der Waals surface area contributed by atoms with Crippen molar-refractivity contribution < 1.29 is 0 Å². The molecule has 0 radical (unpaired) electrons. The van der Waals surface area contributed by atoms with Crippen molar-refractivity contribution in [3.05, 3.63) is 53.5 Å². The van der Waals surface area contributed by atoms with Crippen molar-refractivity contribution in [2.45, 2.75) is 52.1 Å². The van der Waals surface area contributed by atoms with E-state index < -0.39 is 0 Å². The maximum atomic E-state index is 6.36. The Morgan fingerprint density at radius 1 is 1.17 bits per heavy atom. The Balaban J connectivity index is 1.56. The highest BCUT2D eigenvalue weighted by Crippen LogP contribution is 2.32. The molecule has 1 aliphatic rings. The minimum absolute atomic E-state index is 0.485. The number of fused-ring (bicyclic) bond motifs is 3. The Labute approximate surface area is 170 Å². The summed E-state index contributed by atoms with van der Waals surface area (Å²) in [5, 5.41) is 5.36. The highest BCUT2D eigenvalue weighted by atomic mass is 15.1. The van der Waals surface area contributed by atoms with Crippen molar-refractivity contribution >= 4 is 33.6 Å². The van der Waals surface area contributed by atoms with Gasteiger partial charge >= 0.3 is 0 Å². The summed E-state index contributed by atoms with van der Waals surface area (Å²) in [6.07, 6.45) is 4.33. The number of nitrogens with two attached hydrogens (primary N) is 1. The zero-order chi connectivity index (χ0) is 20.1. The third-order valence-electron chi connectivity index (χ3n) is 5.72. The van der Waals surface area contributed by atoms with Gasteiger partial charge in [0, 0.05) is 28.8 Å². The number of nitrogens with one attached hydrogen (secondary N) is 1. The number of anilines is 2. The molecule has 1 fully saturated rings. The van der Waals surface area contributed by atoms with Gasteiger partial charge < -0.3 is 15.6 Å². The number of hydrogen-bond acceptors (Lipinski definition) is 5. The molecule has 3 N–H and O–H groups in total. The number of aryl methyl sites for hydroxylation is 1. The molecule has 148 valence electrons. The SMILES string of the molecule is Cc1cc2c3c(N)nc(NC4CC4)nc3ccc2n1Cc1ccc(C(C)C)cn1. The molecule has 4 aromatic rings. The van der Waals surface area contributed by atoms with Gasteiger partial charge in [-0.15, -0.1) is 0 Å². The maximum Gasteiger partial charge on any atom is 0.225 e. The van der Waals surface area contributed by atoms with Crippen LogP contribution in [0.3, 0.4) is 0 Å². The van der Waals surface area contributed by atoms with Crippen LogP contribution in [0.2, 0.25) is 0 Å². The lowest BCUT2D eigenvalue weighted by Crippen LogP contribution is -2.07. The van der Waals surface area contributed by atoms with Gasteiger partial charge in [0.1, 0.15) is 5.82 Å². The van der Waals surface area contributed by atoms with Crippen LogP contribution in [0.25, 0.3) is 21.8 Å². The molecule has 0 amide bonds. The zero-order valence-corrected chi connectivity index (χ0v) is 17.1. The van der Waals surface area contributed by atoms with Crippen LogP contribution < -0.4 is 11.1 Å². The highest BCUT2D eigenvalue weighted by molar-refractivity contribution is 6.10. The molecule has 29 heavy (non-hydrogen) atoms. The predicted molar refractivity (Wildman–Crippen MR) is 118 cm³/mol.